The van der Waals surface area contributed by atoms with Gasteiger partial charge in [0.2, 0.25) is 0 Å². The van der Waals surface area contributed by atoms with Crippen molar-refractivity contribution in [1.29, 1.82) is 0 Å². The zero-order valence-corrected chi connectivity index (χ0v) is 22.4. The fourth-order valence-corrected chi connectivity index (χ4v) is 4.32. The highest BCUT2D eigenvalue weighted by Gasteiger charge is 2.43. The predicted molar refractivity (Wildman–Crippen MR) is 140 cm³/mol. The number of hydrogen-bond acceptors (Lipinski definition) is 8. The molecule has 2 atom stereocenters. The van der Waals surface area contributed by atoms with Crippen molar-refractivity contribution >= 4 is 29.7 Å². The quantitative estimate of drug-likeness (QED) is 0.257. The fraction of sp³-hybridized carbons (Fsp3) is 0.500. The molecule has 36 heavy (non-hydrogen) atoms. The summed E-state index contributed by atoms with van der Waals surface area (Å²) in [6.45, 7) is 9.93. The molecule has 1 aliphatic heterocycles. The van der Waals surface area contributed by atoms with Crippen LogP contribution >= 0.6 is 0 Å². The van der Waals surface area contributed by atoms with Crippen LogP contribution in [0.25, 0.3) is 6.08 Å². The maximum Gasteiger partial charge on any atom is 0.336 e. The molecule has 0 N–H and O–H groups in total. The number of benzene rings is 1. The molecule has 196 valence electrons. The summed E-state index contributed by atoms with van der Waals surface area (Å²) in [5, 5.41) is 0. The lowest BCUT2D eigenvalue weighted by atomic mass is 9.74. The van der Waals surface area contributed by atoms with E-state index in [1.807, 2.05) is 50.2 Å². The zero-order valence-electron chi connectivity index (χ0n) is 22.4. The van der Waals surface area contributed by atoms with Crippen LogP contribution in [-0.2, 0) is 28.6 Å². The van der Waals surface area contributed by atoms with Crippen LogP contribution in [0.2, 0.25) is 0 Å². The second kappa shape index (κ2) is 13.7. The van der Waals surface area contributed by atoms with Crippen LogP contribution in [-0.4, -0.2) is 69.0 Å². The maximum absolute atomic E-state index is 13.4. The molecule has 0 spiro atoms. The van der Waals surface area contributed by atoms with E-state index in [2.05, 4.69) is 0 Å². The van der Waals surface area contributed by atoms with Gasteiger partial charge in [-0.15, -0.1) is 0 Å². The Morgan fingerprint density at radius 2 is 1.61 bits per heavy atom. The van der Waals surface area contributed by atoms with Gasteiger partial charge >= 0.3 is 17.9 Å². The van der Waals surface area contributed by atoms with Crippen LogP contribution in [0.4, 0.5) is 0 Å². The highest BCUT2D eigenvalue weighted by Crippen LogP contribution is 2.42. The summed E-state index contributed by atoms with van der Waals surface area (Å²) in [7, 11) is 3.77. The molecule has 0 aliphatic carbocycles. The van der Waals surface area contributed by atoms with Gasteiger partial charge in [-0.25, -0.2) is 9.59 Å². The standard InChI is InChI=1S/C28H38N2O6/c1-8-19(26(31)34-9-2)16-20-14-12-13-15-21(20)24-23(27(32)35-10-3)18(5)29-22(17-30(6)7)25(24)28(33)36-11-4/h12-16,23-24H,8-11,17H2,1-7H3. The van der Waals surface area contributed by atoms with Crippen LogP contribution in [0.5, 0.6) is 0 Å². The molecule has 1 aromatic rings. The maximum atomic E-state index is 13.4. The van der Waals surface area contributed by atoms with Crippen molar-refractivity contribution in [2.75, 3.05) is 40.5 Å². The summed E-state index contributed by atoms with van der Waals surface area (Å²) < 4.78 is 16.1. The van der Waals surface area contributed by atoms with Gasteiger partial charge in [-0.2, -0.15) is 0 Å². The van der Waals surface area contributed by atoms with Crippen LogP contribution in [0, 0.1) is 5.92 Å². The molecular weight excluding hydrogens is 460 g/mol. The number of carbonyl (C=O) groups is 3. The Morgan fingerprint density at radius 3 is 2.19 bits per heavy atom. The van der Waals surface area contributed by atoms with Crippen LogP contribution < -0.4 is 0 Å². The Kier molecular flexibility index (Phi) is 11.0. The molecule has 0 bridgehead atoms. The number of hydrogen-bond donors (Lipinski definition) is 0. The third kappa shape index (κ3) is 6.91. The van der Waals surface area contributed by atoms with E-state index in [1.54, 1.807) is 33.8 Å². The molecule has 0 saturated heterocycles. The second-order valence-electron chi connectivity index (χ2n) is 8.65. The van der Waals surface area contributed by atoms with E-state index in [9.17, 15) is 14.4 Å². The predicted octanol–water partition coefficient (Wildman–Crippen LogP) is 4.16. The molecule has 0 saturated carbocycles. The Balaban J connectivity index is 2.85. The smallest absolute Gasteiger partial charge is 0.336 e. The van der Waals surface area contributed by atoms with Gasteiger partial charge in [0.25, 0.3) is 0 Å². The Bertz CT molecular complexity index is 1050. The number of carbonyl (C=O) groups excluding carboxylic acids is 3. The summed E-state index contributed by atoms with van der Waals surface area (Å²) in [6, 6.07) is 7.43. The summed E-state index contributed by atoms with van der Waals surface area (Å²) in [4.78, 5) is 45.8. The van der Waals surface area contributed by atoms with E-state index >= 15 is 0 Å². The van der Waals surface area contributed by atoms with E-state index in [0.29, 0.717) is 46.6 Å². The molecule has 0 fully saturated rings. The van der Waals surface area contributed by atoms with Crippen molar-refractivity contribution in [1.82, 2.24) is 4.90 Å². The van der Waals surface area contributed by atoms with Gasteiger partial charge in [-0.1, -0.05) is 31.2 Å². The summed E-state index contributed by atoms with van der Waals surface area (Å²) in [5.41, 5.74) is 3.34. The summed E-state index contributed by atoms with van der Waals surface area (Å²) in [6.07, 6.45) is 2.23. The first kappa shape index (κ1) is 29.0. The monoisotopic (exact) mass is 498 g/mol. The highest BCUT2D eigenvalue weighted by molar-refractivity contribution is 6.07. The Hall–Kier alpha value is -3.26. The lowest BCUT2D eigenvalue weighted by Crippen LogP contribution is -2.38. The molecule has 0 aromatic heterocycles. The number of likely N-dealkylation sites (N-methyl/N-ethyl adjacent to an activating group) is 1. The second-order valence-corrected chi connectivity index (χ2v) is 8.65. The van der Waals surface area contributed by atoms with Crippen molar-refractivity contribution in [2.45, 2.75) is 47.0 Å². The topological polar surface area (TPSA) is 94.5 Å². The fourth-order valence-electron chi connectivity index (χ4n) is 4.32. The van der Waals surface area contributed by atoms with E-state index in [0.717, 1.165) is 0 Å². The Labute approximate surface area is 214 Å². The van der Waals surface area contributed by atoms with Crippen molar-refractivity contribution in [3.63, 3.8) is 0 Å². The molecule has 1 aliphatic rings. The highest BCUT2D eigenvalue weighted by atomic mass is 16.5. The van der Waals surface area contributed by atoms with E-state index < -0.39 is 29.7 Å². The molecule has 8 nitrogen and oxygen atoms in total. The lowest BCUT2D eigenvalue weighted by Gasteiger charge is -2.33. The van der Waals surface area contributed by atoms with Crippen molar-refractivity contribution in [2.24, 2.45) is 10.9 Å². The molecule has 8 heteroatoms. The molecule has 1 heterocycles. The third-order valence-corrected chi connectivity index (χ3v) is 5.80. The minimum absolute atomic E-state index is 0.182. The number of ether oxygens (including phenoxy) is 3. The van der Waals surface area contributed by atoms with Gasteiger partial charge in [0.05, 0.1) is 31.1 Å². The van der Waals surface area contributed by atoms with Crippen molar-refractivity contribution in [3.8, 4) is 0 Å². The number of aliphatic imine (C=N–C) groups is 1. The van der Waals surface area contributed by atoms with Gasteiger partial charge in [0, 0.05) is 23.7 Å². The average molecular weight is 499 g/mol. The van der Waals surface area contributed by atoms with Crippen LogP contribution in [0.3, 0.4) is 0 Å². The SMILES string of the molecule is CCOC(=O)C(=Cc1ccccc1C1C(C(=O)OCC)=C(CN(C)C)N=C(C)C1C(=O)OCC)CC. The summed E-state index contributed by atoms with van der Waals surface area (Å²) >= 11 is 0. The lowest BCUT2D eigenvalue weighted by molar-refractivity contribution is -0.146. The van der Waals surface area contributed by atoms with Gasteiger partial charge in [-0.05, 0) is 65.4 Å². The molecule has 0 amide bonds. The third-order valence-electron chi connectivity index (χ3n) is 5.80. The van der Waals surface area contributed by atoms with Crippen molar-refractivity contribution in [3.05, 3.63) is 52.2 Å². The molecule has 2 unspecified atom stereocenters. The van der Waals surface area contributed by atoms with Crippen LogP contribution in [0.1, 0.15) is 58.1 Å². The molecule has 0 radical (unpaired) electrons. The Morgan fingerprint density at radius 1 is 0.972 bits per heavy atom. The largest absolute Gasteiger partial charge is 0.465 e. The van der Waals surface area contributed by atoms with E-state index in [1.165, 1.54) is 0 Å². The number of esters is 3. The van der Waals surface area contributed by atoms with Gasteiger partial charge in [-0.3, -0.25) is 9.79 Å². The van der Waals surface area contributed by atoms with Crippen LogP contribution in [0.15, 0.2) is 46.1 Å². The minimum atomic E-state index is -0.822. The van der Waals surface area contributed by atoms with E-state index in [-0.39, 0.29) is 19.8 Å². The number of rotatable bonds is 11. The van der Waals surface area contributed by atoms with Gasteiger partial charge in [0.15, 0.2) is 0 Å². The average Bonchev–Trinajstić information content (AvgIpc) is 2.82. The molecule has 1 aromatic carbocycles. The van der Waals surface area contributed by atoms with Gasteiger partial charge < -0.3 is 19.1 Å². The zero-order chi connectivity index (χ0) is 26.8. The first-order valence-electron chi connectivity index (χ1n) is 12.4. The van der Waals surface area contributed by atoms with E-state index in [4.69, 9.17) is 19.2 Å². The van der Waals surface area contributed by atoms with Crippen molar-refractivity contribution < 1.29 is 28.6 Å². The summed E-state index contributed by atoms with van der Waals surface area (Å²) in [5.74, 6) is -2.91. The first-order chi connectivity index (χ1) is 17.2. The first-order valence-corrected chi connectivity index (χ1v) is 12.4. The minimum Gasteiger partial charge on any atom is -0.465 e. The molecular formula is C28H38N2O6. The molecule has 2 rings (SSSR count). The normalized spacial score (nSPS) is 18.1. The van der Waals surface area contributed by atoms with Gasteiger partial charge in [0.1, 0.15) is 5.92 Å². The number of nitrogens with zero attached hydrogens (tertiary/aromatic N) is 2.